The number of rotatable bonds is 2. The monoisotopic (exact) mass is 252 g/mol. The van der Waals surface area contributed by atoms with Crippen molar-refractivity contribution in [1.29, 1.82) is 0 Å². The molecule has 0 aromatic heterocycles. The lowest BCUT2D eigenvalue weighted by Crippen LogP contribution is -2.67. The van der Waals surface area contributed by atoms with Crippen LogP contribution in [0.25, 0.3) is 0 Å². The van der Waals surface area contributed by atoms with Crippen LogP contribution in [-0.4, -0.2) is 42.3 Å². The maximum atomic E-state index is 6.27. The van der Waals surface area contributed by atoms with Gasteiger partial charge in [0.1, 0.15) is 0 Å². The second-order valence-electron chi connectivity index (χ2n) is 7.19. The Kier molecular flexibility index (Phi) is 3.20. The van der Waals surface area contributed by atoms with E-state index >= 15 is 0 Å². The summed E-state index contributed by atoms with van der Waals surface area (Å²) in [6, 6.07) is 0. The number of nitrogens with two attached hydrogens (primary N) is 1. The Morgan fingerprint density at radius 3 is 2.28 bits per heavy atom. The second kappa shape index (κ2) is 4.46. The largest absolute Gasteiger partial charge is 0.372 e. The third-order valence-electron chi connectivity index (χ3n) is 5.89. The molecule has 2 saturated heterocycles. The normalized spacial score (nSPS) is 44.2. The molecule has 0 radical (unpaired) electrons. The van der Waals surface area contributed by atoms with Crippen LogP contribution in [0, 0.1) is 5.41 Å². The molecule has 2 heterocycles. The molecule has 0 aromatic rings. The fourth-order valence-electron chi connectivity index (χ4n) is 4.61. The third kappa shape index (κ3) is 1.83. The SMILES string of the molecule is CC1(C)CCCCC1(CN)N1CC2CCC(C1)O2. The average Bonchev–Trinajstić information content (AvgIpc) is 2.68. The summed E-state index contributed by atoms with van der Waals surface area (Å²) in [7, 11) is 0. The van der Waals surface area contributed by atoms with Gasteiger partial charge in [0.15, 0.2) is 0 Å². The van der Waals surface area contributed by atoms with Crippen LogP contribution in [0.4, 0.5) is 0 Å². The van der Waals surface area contributed by atoms with E-state index in [1.54, 1.807) is 0 Å². The molecule has 0 amide bonds. The molecule has 3 nitrogen and oxygen atoms in total. The van der Waals surface area contributed by atoms with Crippen molar-refractivity contribution >= 4 is 0 Å². The van der Waals surface area contributed by atoms with E-state index in [0.29, 0.717) is 17.6 Å². The number of hydrogen-bond acceptors (Lipinski definition) is 3. The zero-order chi connectivity index (χ0) is 12.8. The number of fused-ring (bicyclic) bond motifs is 2. The third-order valence-corrected chi connectivity index (χ3v) is 5.89. The van der Waals surface area contributed by atoms with E-state index in [-0.39, 0.29) is 5.54 Å². The summed E-state index contributed by atoms with van der Waals surface area (Å²) in [6.07, 6.45) is 8.76. The minimum absolute atomic E-state index is 0.218. The van der Waals surface area contributed by atoms with Crippen LogP contribution in [0.15, 0.2) is 0 Å². The Hall–Kier alpha value is -0.120. The molecule has 0 spiro atoms. The van der Waals surface area contributed by atoms with Crippen molar-refractivity contribution in [3.63, 3.8) is 0 Å². The molecular formula is C15H28N2O. The summed E-state index contributed by atoms with van der Waals surface area (Å²) in [5, 5.41) is 0. The van der Waals surface area contributed by atoms with Gasteiger partial charge in [-0.15, -0.1) is 0 Å². The van der Waals surface area contributed by atoms with Gasteiger partial charge in [-0.2, -0.15) is 0 Å². The summed E-state index contributed by atoms with van der Waals surface area (Å²) >= 11 is 0. The highest BCUT2D eigenvalue weighted by Gasteiger charge is 2.52. The van der Waals surface area contributed by atoms with Crippen molar-refractivity contribution < 1.29 is 4.74 Å². The molecule has 3 fully saturated rings. The lowest BCUT2D eigenvalue weighted by Gasteiger charge is -2.57. The first-order valence-corrected chi connectivity index (χ1v) is 7.68. The minimum atomic E-state index is 0.218. The second-order valence-corrected chi connectivity index (χ2v) is 7.19. The molecule has 104 valence electrons. The highest BCUT2D eigenvalue weighted by atomic mass is 16.5. The van der Waals surface area contributed by atoms with Crippen molar-refractivity contribution in [2.75, 3.05) is 19.6 Å². The van der Waals surface area contributed by atoms with Gasteiger partial charge in [-0.25, -0.2) is 0 Å². The smallest absolute Gasteiger partial charge is 0.0707 e. The van der Waals surface area contributed by atoms with Crippen molar-refractivity contribution in [1.82, 2.24) is 4.90 Å². The highest BCUT2D eigenvalue weighted by Crippen LogP contribution is 2.48. The van der Waals surface area contributed by atoms with Gasteiger partial charge in [0.2, 0.25) is 0 Å². The molecule has 3 atom stereocenters. The van der Waals surface area contributed by atoms with E-state index in [4.69, 9.17) is 10.5 Å². The van der Waals surface area contributed by atoms with Gasteiger partial charge in [-0.05, 0) is 31.1 Å². The first-order valence-electron chi connectivity index (χ1n) is 7.68. The summed E-state index contributed by atoms with van der Waals surface area (Å²) in [4.78, 5) is 2.71. The Morgan fingerprint density at radius 1 is 1.11 bits per heavy atom. The quantitative estimate of drug-likeness (QED) is 0.818. The highest BCUT2D eigenvalue weighted by molar-refractivity contribution is 5.07. The zero-order valence-electron chi connectivity index (χ0n) is 12.0. The molecule has 2 aliphatic heterocycles. The van der Waals surface area contributed by atoms with Gasteiger partial charge < -0.3 is 10.5 Å². The van der Waals surface area contributed by atoms with Crippen LogP contribution in [-0.2, 0) is 4.74 Å². The van der Waals surface area contributed by atoms with Crippen LogP contribution in [0.1, 0.15) is 52.4 Å². The summed E-state index contributed by atoms with van der Waals surface area (Å²) in [5.74, 6) is 0. The number of morpholine rings is 1. The molecule has 3 aliphatic rings. The maximum Gasteiger partial charge on any atom is 0.0707 e. The molecule has 3 heteroatoms. The van der Waals surface area contributed by atoms with Crippen molar-refractivity contribution in [3.8, 4) is 0 Å². The van der Waals surface area contributed by atoms with E-state index in [1.807, 2.05) is 0 Å². The van der Waals surface area contributed by atoms with Gasteiger partial charge in [0.05, 0.1) is 12.2 Å². The molecular weight excluding hydrogens is 224 g/mol. The van der Waals surface area contributed by atoms with Gasteiger partial charge in [-0.1, -0.05) is 26.7 Å². The molecule has 2 N–H and O–H groups in total. The molecule has 18 heavy (non-hydrogen) atoms. The van der Waals surface area contributed by atoms with E-state index in [9.17, 15) is 0 Å². The van der Waals surface area contributed by atoms with Crippen LogP contribution in [0.5, 0.6) is 0 Å². The predicted octanol–water partition coefficient (Wildman–Crippen LogP) is 2.15. The van der Waals surface area contributed by atoms with E-state index in [0.717, 1.165) is 19.6 Å². The number of nitrogens with zero attached hydrogens (tertiary/aromatic N) is 1. The van der Waals surface area contributed by atoms with Crippen LogP contribution < -0.4 is 5.73 Å². The fourth-order valence-corrected chi connectivity index (χ4v) is 4.61. The first-order chi connectivity index (χ1) is 8.57. The van der Waals surface area contributed by atoms with Gasteiger partial charge in [0.25, 0.3) is 0 Å². The lowest BCUT2D eigenvalue weighted by atomic mass is 9.62. The Balaban J connectivity index is 1.86. The molecule has 0 aromatic carbocycles. The van der Waals surface area contributed by atoms with Gasteiger partial charge >= 0.3 is 0 Å². The lowest BCUT2D eigenvalue weighted by molar-refractivity contribution is -0.122. The van der Waals surface area contributed by atoms with Gasteiger partial charge in [0, 0.05) is 25.2 Å². The summed E-state index contributed by atoms with van der Waals surface area (Å²) < 4.78 is 5.99. The van der Waals surface area contributed by atoms with Gasteiger partial charge in [-0.3, -0.25) is 4.90 Å². The topological polar surface area (TPSA) is 38.5 Å². The van der Waals surface area contributed by atoms with Crippen molar-refractivity contribution in [2.24, 2.45) is 11.1 Å². The summed E-state index contributed by atoms with van der Waals surface area (Å²) in [6.45, 7) is 7.88. The number of hydrogen-bond donors (Lipinski definition) is 1. The molecule has 1 aliphatic carbocycles. The standard InChI is InChI=1S/C15H28N2O/c1-14(2)7-3-4-8-15(14,11-16)17-9-12-5-6-13(10-17)18-12/h12-13H,3-11,16H2,1-2H3. The van der Waals surface area contributed by atoms with E-state index in [2.05, 4.69) is 18.7 Å². The first kappa shape index (κ1) is 12.9. The van der Waals surface area contributed by atoms with Crippen LogP contribution >= 0.6 is 0 Å². The van der Waals surface area contributed by atoms with Crippen LogP contribution in [0.2, 0.25) is 0 Å². The molecule has 3 rings (SSSR count). The van der Waals surface area contributed by atoms with Crippen molar-refractivity contribution in [3.05, 3.63) is 0 Å². The van der Waals surface area contributed by atoms with E-state index < -0.39 is 0 Å². The minimum Gasteiger partial charge on any atom is -0.372 e. The maximum absolute atomic E-state index is 6.27. The molecule has 3 unspecified atom stereocenters. The Bertz CT molecular complexity index is 306. The number of ether oxygens (including phenoxy) is 1. The molecule has 1 saturated carbocycles. The predicted molar refractivity (Wildman–Crippen MR) is 73.5 cm³/mol. The Morgan fingerprint density at radius 2 is 1.72 bits per heavy atom. The fraction of sp³-hybridized carbons (Fsp3) is 1.00. The van der Waals surface area contributed by atoms with E-state index in [1.165, 1.54) is 38.5 Å². The molecule has 2 bridgehead atoms. The zero-order valence-corrected chi connectivity index (χ0v) is 12.0. The average molecular weight is 252 g/mol. The Labute approximate surface area is 111 Å². The summed E-state index contributed by atoms with van der Waals surface area (Å²) in [5.41, 5.74) is 6.84. The van der Waals surface area contributed by atoms with Crippen LogP contribution in [0.3, 0.4) is 0 Å². The number of likely N-dealkylation sites (tertiary alicyclic amines) is 1. The van der Waals surface area contributed by atoms with Crippen molar-refractivity contribution in [2.45, 2.75) is 70.1 Å².